The number of benzene rings is 2. The smallest absolute Gasteiger partial charge is 0.365 e. The minimum atomic E-state index is -0.617. The van der Waals surface area contributed by atoms with Gasteiger partial charge in [-0.2, -0.15) is 5.10 Å². The molecule has 0 saturated heterocycles. The number of thioether (sulfide) groups is 1. The van der Waals surface area contributed by atoms with Crippen molar-refractivity contribution < 1.29 is 14.5 Å². The average Bonchev–Trinajstić information content (AvgIpc) is 2.60. The molecule has 25 heavy (non-hydrogen) atoms. The standard InChI is InChI=1S/C16H16N4O4S/c1-2-24-16(21)15(25-14-9-4-3-8-13(14)17)19-18-11-6-5-7-12(10-11)20(22)23/h3-10,18H,2,17H2,1H3/b19-15-. The molecule has 0 fully saturated rings. The van der Waals surface area contributed by atoms with Gasteiger partial charge < -0.3 is 10.5 Å². The highest BCUT2D eigenvalue weighted by molar-refractivity contribution is 8.15. The van der Waals surface area contributed by atoms with Crippen LogP contribution >= 0.6 is 11.8 Å². The summed E-state index contributed by atoms with van der Waals surface area (Å²) >= 11 is 1.05. The van der Waals surface area contributed by atoms with Crippen molar-refractivity contribution in [2.24, 2.45) is 5.10 Å². The van der Waals surface area contributed by atoms with Gasteiger partial charge in [0.2, 0.25) is 5.04 Å². The Hall–Kier alpha value is -3.07. The van der Waals surface area contributed by atoms with Gasteiger partial charge in [0.05, 0.1) is 17.2 Å². The lowest BCUT2D eigenvalue weighted by atomic mass is 10.3. The highest BCUT2D eigenvalue weighted by Gasteiger charge is 2.16. The Morgan fingerprint density at radius 3 is 2.76 bits per heavy atom. The van der Waals surface area contributed by atoms with Crippen LogP contribution in [0.1, 0.15) is 6.92 Å². The second kappa shape index (κ2) is 8.69. The molecule has 0 aromatic heterocycles. The zero-order chi connectivity index (χ0) is 18.2. The van der Waals surface area contributed by atoms with E-state index in [1.54, 1.807) is 37.3 Å². The van der Waals surface area contributed by atoms with Gasteiger partial charge in [0.25, 0.3) is 5.69 Å². The van der Waals surface area contributed by atoms with Crippen molar-refractivity contribution in [3.8, 4) is 0 Å². The minimum Gasteiger partial charge on any atom is -0.461 e. The molecule has 0 radical (unpaired) electrons. The molecule has 9 heteroatoms. The number of nitrogens with two attached hydrogens (primary N) is 1. The zero-order valence-corrected chi connectivity index (χ0v) is 14.2. The number of nitrogens with zero attached hydrogens (tertiary/aromatic N) is 2. The number of anilines is 2. The summed E-state index contributed by atoms with van der Waals surface area (Å²) in [6.07, 6.45) is 0. The van der Waals surface area contributed by atoms with Crippen molar-refractivity contribution in [3.05, 3.63) is 58.6 Å². The lowest BCUT2D eigenvalue weighted by molar-refractivity contribution is -0.384. The first-order valence-electron chi connectivity index (χ1n) is 7.29. The van der Waals surface area contributed by atoms with Gasteiger partial charge in [-0.15, -0.1) is 0 Å². The van der Waals surface area contributed by atoms with Crippen molar-refractivity contribution in [2.75, 3.05) is 17.8 Å². The normalized spacial score (nSPS) is 11.0. The number of rotatable bonds is 5. The molecule has 0 heterocycles. The van der Waals surface area contributed by atoms with E-state index in [0.717, 1.165) is 11.8 Å². The van der Waals surface area contributed by atoms with E-state index in [1.165, 1.54) is 18.2 Å². The lowest BCUT2D eigenvalue weighted by Gasteiger charge is -2.08. The Morgan fingerprint density at radius 2 is 2.08 bits per heavy atom. The third-order valence-electron chi connectivity index (χ3n) is 2.92. The fourth-order valence-electron chi connectivity index (χ4n) is 1.78. The predicted molar refractivity (Wildman–Crippen MR) is 97.5 cm³/mol. The van der Waals surface area contributed by atoms with Gasteiger partial charge in [-0.05, 0) is 25.1 Å². The highest BCUT2D eigenvalue weighted by Crippen LogP contribution is 2.26. The summed E-state index contributed by atoms with van der Waals surface area (Å²) in [5.41, 5.74) is 9.31. The molecule has 0 unspecified atom stereocenters. The van der Waals surface area contributed by atoms with Crippen LogP contribution in [-0.2, 0) is 9.53 Å². The van der Waals surface area contributed by atoms with Crippen molar-refractivity contribution in [1.29, 1.82) is 0 Å². The number of nitrogens with one attached hydrogen (secondary N) is 1. The number of hydrogen-bond acceptors (Lipinski definition) is 8. The average molecular weight is 360 g/mol. The van der Waals surface area contributed by atoms with Crippen LogP contribution in [0.5, 0.6) is 0 Å². The summed E-state index contributed by atoms with van der Waals surface area (Å²) in [5.74, 6) is -0.617. The van der Waals surface area contributed by atoms with E-state index in [-0.39, 0.29) is 17.3 Å². The minimum absolute atomic E-state index is 0.0336. The first-order chi connectivity index (χ1) is 12.0. The number of para-hydroxylation sites is 1. The molecular weight excluding hydrogens is 344 g/mol. The Labute approximate surface area is 148 Å². The highest BCUT2D eigenvalue weighted by atomic mass is 32.2. The molecule has 130 valence electrons. The SMILES string of the molecule is CCOC(=O)/C(=N/Nc1cccc([N+](=O)[O-])c1)Sc1ccccc1N. The van der Waals surface area contributed by atoms with Crippen LogP contribution in [0.25, 0.3) is 0 Å². The molecule has 3 N–H and O–H groups in total. The second-order valence-corrected chi connectivity index (χ2v) is 5.73. The molecular formula is C16H16N4O4S. The van der Waals surface area contributed by atoms with Gasteiger partial charge in [0.15, 0.2) is 0 Å². The Bertz CT molecular complexity index is 810. The Morgan fingerprint density at radius 1 is 1.32 bits per heavy atom. The van der Waals surface area contributed by atoms with E-state index in [1.807, 2.05) is 0 Å². The molecule has 0 aliphatic heterocycles. The number of nitro groups is 1. The summed E-state index contributed by atoms with van der Waals surface area (Å²) in [7, 11) is 0. The monoisotopic (exact) mass is 360 g/mol. The summed E-state index contributed by atoms with van der Waals surface area (Å²) in [5, 5.41) is 14.9. The zero-order valence-electron chi connectivity index (χ0n) is 13.3. The number of ether oxygens (including phenoxy) is 1. The first kappa shape index (κ1) is 18.3. The molecule has 0 atom stereocenters. The van der Waals surface area contributed by atoms with Gasteiger partial charge in [0.1, 0.15) is 0 Å². The number of hydrazone groups is 1. The predicted octanol–water partition coefficient (Wildman–Crippen LogP) is 3.26. The van der Waals surface area contributed by atoms with Crippen LogP contribution in [0, 0.1) is 10.1 Å². The van der Waals surface area contributed by atoms with Crippen molar-refractivity contribution >= 4 is 39.8 Å². The molecule has 0 aliphatic rings. The maximum absolute atomic E-state index is 12.1. The van der Waals surface area contributed by atoms with Crippen molar-refractivity contribution in [2.45, 2.75) is 11.8 Å². The van der Waals surface area contributed by atoms with E-state index in [9.17, 15) is 14.9 Å². The summed E-state index contributed by atoms with van der Waals surface area (Å²) < 4.78 is 4.99. The van der Waals surface area contributed by atoms with Gasteiger partial charge >= 0.3 is 5.97 Å². The van der Waals surface area contributed by atoms with Crippen LogP contribution in [-0.4, -0.2) is 22.5 Å². The van der Waals surface area contributed by atoms with Crippen molar-refractivity contribution in [1.82, 2.24) is 0 Å². The Kier molecular flexibility index (Phi) is 6.35. The number of nitrogen functional groups attached to an aromatic ring is 1. The summed E-state index contributed by atoms with van der Waals surface area (Å²) in [4.78, 5) is 23.0. The van der Waals surface area contributed by atoms with Gasteiger partial charge in [-0.1, -0.05) is 30.0 Å². The van der Waals surface area contributed by atoms with E-state index in [0.29, 0.717) is 16.3 Å². The van der Waals surface area contributed by atoms with E-state index in [2.05, 4.69) is 10.5 Å². The van der Waals surface area contributed by atoms with Gasteiger partial charge in [0, 0.05) is 22.7 Å². The molecule has 0 saturated carbocycles. The maximum atomic E-state index is 12.1. The van der Waals surface area contributed by atoms with Gasteiger partial charge in [-0.3, -0.25) is 15.5 Å². The number of hydrogen-bond donors (Lipinski definition) is 2. The van der Waals surface area contributed by atoms with Gasteiger partial charge in [-0.25, -0.2) is 4.79 Å². The summed E-state index contributed by atoms with van der Waals surface area (Å²) in [6.45, 7) is 1.88. The summed E-state index contributed by atoms with van der Waals surface area (Å²) in [6, 6.07) is 12.8. The first-order valence-corrected chi connectivity index (χ1v) is 8.10. The van der Waals surface area contributed by atoms with Crippen LogP contribution < -0.4 is 11.2 Å². The fourth-order valence-corrected chi connectivity index (χ4v) is 2.56. The van der Waals surface area contributed by atoms with E-state index >= 15 is 0 Å². The van der Waals surface area contributed by atoms with E-state index < -0.39 is 10.9 Å². The molecule has 2 rings (SSSR count). The molecule has 8 nitrogen and oxygen atoms in total. The molecule has 0 spiro atoms. The lowest BCUT2D eigenvalue weighted by Crippen LogP contribution is -2.16. The van der Waals surface area contributed by atoms with Crippen LogP contribution in [0.4, 0.5) is 17.1 Å². The molecule has 2 aromatic carbocycles. The van der Waals surface area contributed by atoms with Crippen LogP contribution in [0.15, 0.2) is 58.5 Å². The number of nitro benzene ring substituents is 1. The topological polar surface area (TPSA) is 120 Å². The fraction of sp³-hybridized carbons (Fsp3) is 0.125. The van der Waals surface area contributed by atoms with Crippen LogP contribution in [0.3, 0.4) is 0 Å². The molecule has 0 bridgehead atoms. The number of carbonyl (C=O) groups excluding carboxylic acids is 1. The van der Waals surface area contributed by atoms with E-state index in [4.69, 9.17) is 10.5 Å². The van der Waals surface area contributed by atoms with Crippen LogP contribution in [0.2, 0.25) is 0 Å². The third kappa shape index (κ3) is 5.21. The van der Waals surface area contributed by atoms with Crippen molar-refractivity contribution in [3.63, 3.8) is 0 Å². The largest absolute Gasteiger partial charge is 0.461 e. The second-order valence-electron chi connectivity index (χ2n) is 4.70. The number of esters is 1. The molecule has 2 aromatic rings. The third-order valence-corrected chi connectivity index (χ3v) is 3.96. The number of carbonyl (C=O) groups is 1. The molecule has 0 amide bonds. The Balaban J connectivity index is 2.24. The molecule has 0 aliphatic carbocycles. The quantitative estimate of drug-likeness (QED) is 0.160. The maximum Gasteiger partial charge on any atom is 0.365 e. The number of non-ortho nitro benzene ring substituents is 1.